The van der Waals surface area contributed by atoms with Gasteiger partial charge in [-0.15, -0.1) is 36.2 Å². The molecule has 1 aliphatic heterocycles. The molecule has 0 atom stereocenters. The van der Waals surface area contributed by atoms with Crippen molar-refractivity contribution in [3.63, 3.8) is 0 Å². The molecule has 1 aromatic heterocycles. The number of anilines is 1. The SMILES string of the molecule is CCNCCNC(=O)CN(CC(=O)N(C)N1Cc2ccccc2C1)c1ccc(-c2ncc(C(N)=O)s2)cc1C.Cl.Cl. The number of nitrogens with zero attached hydrogens (tertiary/aromatic N) is 4. The first-order chi connectivity index (χ1) is 18.8. The van der Waals surface area contributed by atoms with Crippen LogP contribution in [0.3, 0.4) is 0 Å². The van der Waals surface area contributed by atoms with Gasteiger partial charge in [0.15, 0.2) is 0 Å². The van der Waals surface area contributed by atoms with E-state index in [1.165, 1.54) is 28.7 Å². The quantitative estimate of drug-likeness (QED) is 0.266. The van der Waals surface area contributed by atoms with Gasteiger partial charge in [-0.1, -0.05) is 31.2 Å². The molecule has 0 aliphatic carbocycles. The van der Waals surface area contributed by atoms with E-state index in [1.807, 2.05) is 49.2 Å². The Labute approximate surface area is 257 Å². The predicted molar refractivity (Wildman–Crippen MR) is 168 cm³/mol. The van der Waals surface area contributed by atoms with Gasteiger partial charge in [-0.2, -0.15) is 0 Å². The minimum atomic E-state index is -0.512. The summed E-state index contributed by atoms with van der Waals surface area (Å²) in [6, 6.07) is 13.9. The van der Waals surface area contributed by atoms with Gasteiger partial charge >= 0.3 is 0 Å². The monoisotopic (exact) mass is 621 g/mol. The molecule has 0 saturated carbocycles. The maximum absolute atomic E-state index is 13.5. The van der Waals surface area contributed by atoms with Gasteiger partial charge in [0.05, 0.1) is 19.3 Å². The summed E-state index contributed by atoms with van der Waals surface area (Å²) < 4.78 is 0. The highest BCUT2D eigenvalue weighted by atomic mass is 35.5. The van der Waals surface area contributed by atoms with Crippen molar-refractivity contribution in [2.24, 2.45) is 5.73 Å². The van der Waals surface area contributed by atoms with Gasteiger partial charge in [0.25, 0.3) is 11.8 Å². The van der Waals surface area contributed by atoms with E-state index in [4.69, 9.17) is 5.73 Å². The van der Waals surface area contributed by atoms with Crippen LogP contribution in [0.25, 0.3) is 10.6 Å². The second kappa shape index (κ2) is 15.7. The highest BCUT2D eigenvalue weighted by Gasteiger charge is 2.27. The molecule has 13 heteroatoms. The number of hydrogen-bond donors (Lipinski definition) is 3. The summed E-state index contributed by atoms with van der Waals surface area (Å²) in [6.07, 6.45) is 1.47. The standard InChI is InChI=1S/C28H35N7O3S.2ClH/c1-4-30-11-12-31-25(36)17-34(18-26(37)33(3)35-15-21-7-5-6-8-22(21)16-35)23-10-9-20(13-19(23)2)28-32-14-24(39-28)27(29)38;;/h5-10,13-14,30H,4,11-12,15-18H2,1-3H3,(H2,29,38)(H,31,36);2*1H. The maximum atomic E-state index is 13.5. The van der Waals surface area contributed by atoms with E-state index in [0.717, 1.165) is 23.4 Å². The lowest BCUT2D eigenvalue weighted by atomic mass is 10.1. The lowest BCUT2D eigenvalue weighted by Gasteiger charge is -2.32. The lowest BCUT2D eigenvalue weighted by molar-refractivity contribution is -0.145. The number of nitrogens with two attached hydrogens (primary N) is 1. The number of carbonyl (C=O) groups is 3. The normalized spacial score (nSPS) is 12.1. The first-order valence-electron chi connectivity index (χ1n) is 12.9. The molecule has 0 unspecified atom stereocenters. The van der Waals surface area contributed by atoms with Crippen LogP contribution in [0.15, 0.2) is 48.7 Å². The number of fused-ring (bicyclic) bond motifs is 1. The van der Waals surface area contributed by atoms with Gasteiger partial charge in [-0.3, -0.25) is 19.4 Å². The molecule has 41 heavy (non-hydrogen) atoms. The van der Waals surface area contributed by atoms with Crippen LogP contribution in [0.5, 0.6) is 0 Å². The van der Waals surface area contributed by atoms with E-state index in [1.54, 1.807) is 17.0 Å². The van der Waals surface area contributed by atoms with Crippen LogP contribution < -0.4 is 21.3 Å². The number of benzene rings is 2. The largest absolute Gasteiger partial charge is 0.365 e. The summed E-state index contributed by atoms with van der Waals surface area (Å²) >= 11 is 1.23. The Morgan fingerprint density at radius 2 is 1.73 bits per heavy atom. The molecule has 1 aliphatic rings. The highest BCUT2D eigenvalue weighted by Crippen LogP contribution is 2.30. The Balaban J connectivity index is 0.00000294. The number of halogens is 2. The summed E-state index contributed by atoms with van der Waals surface area (Å²) in [5, 5.41) is 10.5. The van der Waals surface area contributed by atoms with Crippen LogP contribution in [0.2, 0.25) is 0 Å². The number of aromatic nitrogens is 1. The number of thiazole rings is 1. The second-order valence-electron chi connectivity index (χ2n) is 9.46. The molecule has 2 heterocycles. The third-order valence-corrected chi connectivity index (χ3v) is 7.74. The summed E-state index contributed by atoms with van der Waals surface area (Å²) in [7, 11) is 1.78. The molecule has 4 rings (SSSR count). The van der Waals surface area contributed by atoms with Crippen molar-refractivity contribution < 1.29 is 14.4 Å². The van der Waals surface area contributed by atoms with Crippen molar-refractivity contribution in [3.05, 3.63) is 70.2 Å². The van der Waals surface area contributed by atoms with Gasteiger partial charge in [0.1, 0.15) is 9.88 Å². The number of nitrogens with one attached hydrogen (secondary N) is 2. The van der Waals surface area contributed by atoms with E-state index in [9.17, 15) is 14.4 Å². The molecule has 0 spiro atoms. The number of carbonyl (C=O) groups excluding carboxylic acids is 3. The van der Waals surface area contributed by atoms with Crippen molar-refractivity contribution in [3.8, 4) is 10.6 Å². The molecule has 3 amide bonds. The average molecular weight is 623 g/mol. The zero-order valence-corrected chi connectivity index (χ0v) is 25.8. The topological polar surface area (TPSA) is 124 Å². The molecule has 222 valence electrons. The zero-order chi connectivity index (χ0) is 27.9. The maximum Gasteiger partial charge on any atom is 0.260 e. The molecular weight excluding hydrogens is 585 g/mol. The Morgan fingerprint density at radius 1 is 1.05 bits per heavy atom. The first-order valence-corrected chi connectivity index (χ1v) is 13.8. The molecule has 0 saturated heterocycles. The fourth-order valence-corrected chi connectivity index (χ4v) is 5.30. The van der Waals surface area contributed by atoms with Gasteiger partial charge in [-0.05, 0) is 48.4 Å². The first kappa shape index (κ1) is 34.0. The number of hydrazine groups is 1. The molecule has 2 aromatic carbocycles. The molecule has 0 bridgehead atoms. The third-order valence-electron chi connectivity index (χ3n) is 6.68. The Bertz CT molecular complexity index is 1330. The summed E-state index contributed by atoms with van der Waals surface area (Å²) in [4.78, 5) is 44.3. The molecule has 3 aromatic rings. The Kier molecular flexibility index (Phi) is 13.0. The van der Waals surface area contributed by atoms with Crippen molar-refractivity contribution in [2.45, 2.75) is 26.9 Å². The van der Waals surface area contributed by atoms with Crippen molar-refractivity contribution >= 4 is 59.6 Å². The summed E-state index contributed by atoms with van der Waals surface area (Å²) in [6.45, 7) is 7.35. The average Bonchev–Trinajstić information content (AvgIpc) is 3.58. The number of rotatable bonds is 12. The fraction of sp³-hybridized carbons (Fsp3) is 0.357. The molecule has 4 N–H and O–H groups in total. The number of aryl methyl sites for hydroxylation is 1. The van der Waals surface area contributed by atoms with Crippen LogP contribution in [0.4, 0.5) is 5.69 Å². The summed E-state index contributed by atoms with van der Waals surface area (Å²) in [5.74, 6) is -0.786. The van der Waals surface area contributed by atoms with Gasteiger partial charge < -0.3 is 21.3 Å². The van der Waals surface area contributed by atoms with Crippen LogP contribution in [-0.2, 0) is 22.7 Å². The van der Waals surface area contributed by atoms with E-state index in [0.29, 0.717) is 36.1 Å². The van der Waals surface area contributed by atoms with Crippen molar-refractivity contribution in [2.75, 3.05) is 44.7 Å². The number of likely N-dealkylation sites (N-methyl/N-ethyl adjacent to an activating group) is 2. The number of amides is 3. The molecule has 0 radical (unpaired) electrons. The van der Waals surface area contributed by atoms with Crippen LogP contribution in [-0.4, -0.2) is 72.5 Å². The number of hydrogen-bond acceptors (Lipinski definition) is 8. The molecule has 0 fully saturated rings. The van der Waals surface area contributed by atoms with Crippen LogP contribution >= 0.6 is 36.2 Å². The van der Waals surface area contributed by atoms with Crippen LogP contribution in [0, 0.1) is 6.92 Å². The van der Waals surface area contributed by atoms with Crippen LogP contribution in [0.1, 0.15) is 33.3 Å². The van der Waals surface area contributed by atoms with E-state index in [-0.39, 0.29) is 49.7 Å². The van der Waals surface area contributed by atoms with E-state index < -0.39 is 5.91 Å². The Hall–Kier alpha value is -3.22. The summed E-state index contributed by atoms with van der Waals surface area (Å²) in [5.41, 5.74) is 10.3. The van der Waals surface area contributed by atoms with E-state index in [2.05, 4.69) is 27.8 Å². The fourth-order valence-electron chi connectivity index (χ4n) is 4.54. The lowest BCUT2D eigenvalue weighted by Crippen LogP contribution is -2.48. The minimum Gasteiger partial charge on any atom is -0.365 e. The molecule has 10 nitrogen and oxygen atoms in total. The van der Waals surface area contributed by atoms with Crippen molar-refractivity contribution in [1.82, 2.24) is 25.6 Å². The van der Waals surface area contributed by atoms with Crippen molar-refractivity contribution in [1.29, 1.82) is 0 Å². The van der Waals surface area contributed by atoms with Gasteiger partial charge in [0, 0.05) is 44.5 Å². The molecular formula is C28H37Cl2N7O3S. The predicted octanol–water partition coefficient (Wildman–Crippen LogP) is 2.98. The number of primary amides is 1. The third kappa shape index (κ3) is 8.64. The van der Waals surface area contributed by atoms with Gasteiger partial charge in [-0.25, -0.2) is 9.99 Å². The highest BCUT2D eigenvalue weighted by molar-refractivity contribution is 7.16. The minimum absolute atomic E-state index is 0. The smallest absolute Gasteiger partial charge is 0.260 e. The van der Waals surface area contributed by atoms with E-state index >= 15 is 0 Å². The second-order valence-corrected chi connectivity index (χ2v) is 10.5. The van der Waals surface area contributed by atoms with Gasteiger partial charge in [0.2, 0.25) is 5.91 Å². The Morgan fingerprint density at radius 3 is 2.32 bits per heavy atom. The zero-order valence-electron chi connectivity index (χ0n) is 23.4.